The molecule has 0 aromatic carbocycles. The number of carbonyl (C=O) groups is 2. The van der Waals surface area contributed by atoms with Crippen LogP contribution >= 0.6 is 0 Å². The number of fused-ring (bicyclic) bond motifs is 7. The van der Waals surface area contributed by atoms with Crippen LogP contribution in [0.5, 0.6) is 0 Å². The number of ether oxygens (including phenoxy) is 2. The number of carbonyl (C=O) groups excluding carboxylic acids is 2. The second-order valence-electron chi connectivity index (χ2n) is 10.9. The maximum Gasteiger partial charge on any atom is 0.193 e. The minimum absolute atomic E-state index is 0.0109. The zero-order valence-electron chi connectivity index (χ0n) is 18.5. The fraction of sp³-hybridized carbons (Fsp3) is 0.750. The molecule has 0 radical (unpaired) electrons. The lowest BCUT2D eigenvalue weighted by Gasteiger charge is -2.62. The lowest BCUT2D eigenvalue weighted by Crippen LogP contribution is -2.70. The summed E-state index contributed by atoms with van der Waals surface area (Å²) in [7, 11) is 0. The Bertz CT molecular complexity index is 925. The van der Waals surface area contributed by atoms with Crippen LogP contribution in [0.3, 0.4) is 0 Å². The standard InChI is InChI=1S/C24H31FO6/c1-20(2)30-19-10-16-15-6-5-13-9-14(27)7-8-21(13,3)23(15,25)17(28)11-22(16,4)24(19,31-20)18(29)12-26/h7-9,15-17,19,26,28H,5-6,10-12H2,1-4H3/t15-,16-,17-,19+,21-,22-,23-,24+/m0/s1/i1+1,2+1,20+1. The monoisotopic (exact) mass is 437 g/mol. The fourth-order valence-corrected chi connectivity index (χ4v) is 7.93. The Morgan fingerprint density at radius 2 is 1.97 bits per heavy atom. The normalized spacial score (nSPS) is 52.1. The van der Waals surface area contributed by atoms with Gasteiger partial charge in [0.2, 0.25) is 0 Å². The molecule has 170 valence electrons. The van der Waals surface area contributed by atoms with Gasteiger partial charge in [-0.1, -0.05) is 18.6 Å². The third-order valence-corrected chi connectivity index (χ3v) is 9.19. The number of rotatable bonds is 2. The third-order valence-electron chi connectivity index (χ3n) is 9.19. The lowest BCUT2D eigenvalue weighted by atomic mass is 9.44. The summed E-state index contributed by atoms with van der Waals surface area (Å²) in [6.07, 6.45) is 4.00. The van der Waals surface area contributed by atoms with Crippen molar-refractivity contribution >= 4 is 11.6 Å². The molecule has 1 heterocycles. The average Bonchev–Trinajstić information content (AvgIpc) is 3.09. The Balaban J connectivity index is 1.64. The van der Waals surface area contributed by atoms with Gasteiger partial charge in [0.05, 0.1) is 12.2 Å². The molecule has 5 rings (SSSR count). The van der Waals surface area contributed by atoms with Gasteiger partial charge in [0, 0.05) is 16.7 Å². The Morgan fingerprint density at radius 3 is 2.65 bits per heavy atom. The van der Waals surface area contributed by atoms with Gasteiger partial charge >= 0.3 is 0 Å². The van der Waals surface area contributed by atoms with E-state index in [1.165, 1.54) is 12.2 Å². The summed E-state index contributed by atoms with van der Waals surface area (Å²) in [5.74, 6) is -2.46. The first-order valence-electron chi connectivity index (χ1n) is 11.2. The van der Waals surface area contributed by atoms with Crippen LogP contribution in [-0.2, 0) is 19.1 Å². The van der Waals surface area contributed by atoms with Crippen LogP contribution < -0.4 is 0 Å². The largest absolute Gasteiger partial charge is 0.390 e. The number of aliphatic hydroxyl groups excluding tert-OH is 2. The van der Waals surface area contributed by atoms with Crippen LogP contribution in [0, 0.1) is 22.7 Å². The molecule has 1 aliphatic heterocycles. The highest BCUT2D eigenvalue weighted by Gasteiger charge is 2.79. The van der Waals surface area contributed by atoms with Crippen LogP contribution in [0.2, 0.25) is 0 Å². The summed E-state index contributed by atoms with van der Waals surface area (Å²) < 4.78 is 29.5. The highest BCUT2D eigenvalue weighted by Crippen LogP contribution is 2.72. The van der Waals surface area contributed by atoms with Gasteiger partial charge in [0.25, 0.3) is 0 Å². The van der Waals surface area contributed by atoms with Gasteiger partial charge in [0.1, 0.15) is 6.61 Å². The first-order valence-corrected chi connectivity index (χ1v) is 11.2. The fourth-order valence-electron chi connectivity index (χ4n) is 7.93. The molecule has 0 aromatic heterocycles. The molecular formula is C24H31FO6. The Hall–Kier alpha value is -1.41. The van der Waals surface area contributed by atoms with Crippen molar-refractivity contribution in [2.24, 2.45) is 22.7 Å². The predicted octanol–water partition coefficient (Wildman–Crippen LogP) is 2.42. The minimum Gasteiger partial charge on any atom is -0.390 e. The first kappa shape index (κ1) is 21.4. The van der Waals surface area contributed by atoms with Crippen molar-refractivity contribution in [2.75, 3.05) is 6.61 Å². The molecule has 8 atom stereocenters. The molecular weight excluding hydrogens is 406 g/mol. The number of Topliss-reactive ketones (excluding diaryl/α,β-unsaturated/α-hetero) is 1. The molecule has 7 heteroatoms. The lowest BCUT2D eigenvalue weighted by molar-refractivity contribution is -0.246. The highest BCUT2D eigenvalue weighted by atomic mass is 19.1. The average molecular weight is 437 g/mol. The molecule has 4 aliphatic carbocycles. The molecule has 0 amide bonds. The first-order chi connectivity index (χ1) is 14.4. The number of hydrogen-bond donors (Lipinski definition) is 2. The van der Waals surface area contributed by atoms with Crippen LogP contribution in [-0.4, -0.2) is 57.7 Å². The van der Waals surface area contributed by atoms with E-state index in [0.717, 1.165) is 5.57 Å². The number of ketones is 2. The molecule has 0 spiro atoms. The summed E-state index contributed by atoms with van der Waals surface area (Å²) >= 11 is 0. The second kappa shape index (κ2) is 6.13. The van der Waals surface area contributed by atoms with Crippen LogP contribution in [0.4, 0.5) is 4.39 Å². The molecule has 2 N–H and O–H groups in total. The molecule has 0 bridgehead atoms. The van der Waals surface area contributed by atoms with E-state index in [2.05, 4.69) is 0 Å². The molecule has 5 aliphatic rings. The van der Waals surface area contributed by atoms with Gasteiger partial charge in [-0.3, -0.25) is 9.59 Å². The van der Waals surface area contributed by atoms with E-state index in [9.17, 15) is 19.8 Å². The Kier molecular flexibility index (Phi) is 4.24. The third kappa shape index (κ3) is 2.31. The van der Waals surface area contributed by atoms with Crippen LogP contribution in [0.1, 0.15) is 53.4 Å². The van der Waals surface area contributed by atoms with Gasteiger partial charge in [-0.25, -0.2) is 4.39 Å². The predicted molar refractivity (Wildman–Crippen MR) is 109 cm³/mol. The van der Waals surface area contributed by atoms with E-state index < -0.39 is 58.4 Å². The maximum absolute atomic E-state index is 17.1. The van der Waals surface area contributed by atoms with E-state index in [4.69, 9.17) is 9.47 Å². The Morgan fingerprint density at radius 1 is 1.26 bits per heavy atom. The quantitative estimate of drug-likeness (QED) is 0.645. The van der Waals surface area contributed by atoms with Crippen LogP contribution in [0.15, 0.2) is 23.8 Å². The van der Waals surface area contributed by atoms with Crippen LogP contribution in [0.25, 0.3) is 0 Å². The molecule has 4 fully saturated rings. The van der Waals surface area contributed by atoms with Crippen molar-refractivity contribution in [3.63, 3.8) is 0 Å². The number of halogens is 1. The molecule has 6 nitrogen and oxygen atoms in total. The summed E-state index contributed by atoms with van der Waals surface area (Å²) in [6.45, 7) is 6.41. The van der Waals surface area contributed by atoms with Crippen molar-refractivity contribution < 1.29 is 33.7 Å². The number of hydrogen-bond acceptors (Lipinski definition) is 6. The van der Waals surface area contributed by atoms with E-state index in [0.29, 0.717) is 19.3 Å². The van der Waals surface area contributed by atoms with Gasteiger partial charge < -0.3 is 19.7 Å². The van der Waals surface area contributed by atoms with Crippen molar-refractivity contribution in [1.29, 1.82) is 0 Å². The minimum atomic E-state index is -1.98. The van der Waals surface area contributed by atoms with E-state index >= 15 is 4.39 Å². The molecule has 31 heavy (non-hydrogen) atoms. The highest BCUT2D eigenvalue weighted by molar-refractivity contribution is 6.01. The second-order valence-corrected chi connectivity index (χ2v) is 10.9. The maximum atomic E-state index is 17.1. The summed E-state index contributed by atoms with van der Waals surface area (Å²) in [5, 5.41) is 21.2. The summed E-state index contributed by atoms with van der Waals surface area (Å²) in [6, 6.07) is 0. The molecule has 1 saturated heterocycles. The summed E-state index contributed by atoms with van der Waals surface area (Å²) in [4.78, 5) is 25.1. The molecule has 0 unspecified atom stereocenters. The van der Waals surface area contributed by atoms with E-state index in [-0.39, 0.29) is 18.1 Å². The number of aliphatic hydroxyl groups is 2. The molecule has 0 aromatic rings. The molecule has 3 saturated carbocycles. The van der Waals surface area contributed by atoms with E-state index in [1.54, 1.807) is 26.8 Å². The van der Waals surface area contributed by atoms with Crippen molar-refractivity contribution in [1.82, 2.24) is 0 Å². The van der Waals surface area contributed by atoms with Gasteiger partial charge in [-0.15, -0.1) is 0 Å². The Labute approximate surface area is 181 Å². The topological polar surface area (TPSA) is 93.1 Å². The van der Waals surface area contributed by atoms with E-state index in [1.807, 2.05) is 6.92 Å². The van der Waals surface area contributed by atoms with Gasteiger partial charge in [-0.2, -0.15) is 0 Å². The summed E-state index contributed by atoms with van der Waals surface area (Å²) in [5.41, 5.74) is -4.66. The van der Waals surface area contributed by atoms with Crippen molar-refractivity contribution in [3.8, 4) is 0 Å². The zero-order valence-corrected chi connectivity index (χ0v) is 18.5. The van der Waals surface area contributed by atoms with Gasteiger partial charge in [0.15, 0.2) is 28.6 Å². The smallest absolute Gasteiger partial charge is 0.193 e. The number of alkyl halides is 1. The SMILES string of the molecule is C[C@]12C=CC(=O)C=C1CC[C@H]1[C@@H]3C[C@H]4O[13C]([13CH3])([13CH3])O[C@@]4(C(=O)CO)[C@@]3(C)C[C@H](O)[C@@]12F. The van der Waals surface area contributed by atoms with Crippen molar-refractivity contribution in [2.45, 2.75) is 82.6 Å². The van der Waals surface area contributed by atoms with Crippen molar-refractivity contribution in [3.05, 3.63) is 23.8 Å². The zero-order chi connectivity index (χ0) is 22.6. The number of allylic oxidation sites excluding steroid dienone is 4. The van der Waals surface area contributed by atoms with Gasteiger partial charge in [-0.05, 0) is 64.5 Å².